The van der Waals surface area contributed by atoms with Crippen LogP contribution >= 0.6 is 0 Å². The average molecular weight is 416 g/mol. The van der Waals surface area contributed by atoms with Gasteiger partial charge in [0.1, 0.15) is 22.8 Å². The van der Waals surface area contributed by atoms with Crippen molar-refractivity contribution in [3.8, 4) is 5.75 Å². The highest BCUT2D eigenvalue weighted by Gasteiger charge is 2.42. The van der Waals surface area contributed by atoms with E-state index in [1.807, 2.05) is 45.0 Å². The van der Waals surface area contributed by atoms with Gasteiger partial charge in [0, 0.05) is 13.1 Å². The number of methoxy groups -OCH3 is 1. The van der Waals surface area contributed by atoms with Gasteiger partial charge in [-0.15, -0.1) is 0 Å². The van der Waals surface area contributed by atoms with E-state index in [4.69, 9.17) is 9.47 Å². The van der Waals surface area contributed by atoms with Crippen molar-refractivity contribution in [1.29, 1.82) is 0 Å². The fourth-order valence-electron chi connectivity index (χ4n) is 4.01. The quantitative estimate of drug-likeness (QED) is 0.785. The number of piperidine rings is 1. The van der Waals surface area contributed by atoms with Crippen molar-refractivity contribution in [2.45, 2.75) is 44.8 Å². The summed E-state index contributed by atoms with van der Waals surface area (Å²) in [5.74, 6) is 0.125. The van der Waals surface area contributed by atoms with Gasteiger partial charge in [0.05, 0.1) is 7.11 Å². The van der Waals surface area contributed by atoms with Crippen LogP contribution in [0.2, 0.25) is 0 Å². The van der Waals surface area contributed by atoms with Crippen LogP contribution in [0.1, 0.15) is 44.7 Å². The molecule has 0 aliphatic carbocycles. The first-order valence-corrected chi connectivity index (χ1v) is 10.2. The van der Waals surface area contributed by atoms with Crippen molar-refractivity contribution < 1.29 is 23.8 Å². The second-order valence-corrected chi connectivity index (χ2v) is 8.75. The number of likely N-dealkylation sites (tertiary alicyclic amines) is 1. The Balaban J connectivity index is 1.89. The van der Waals surface area contributed by atoms with Crippen molar-refractivity contribution >= 4 is 6.09 Å². The molecule has 1 amide bonds. The van der Waals surface area contributed by atoms with Gasteiger partial charge in [-0.3, -0.25) is 0 Å². The largest absolute Gasteiger partial charge is 0.497 e. The van der Waals surface area contributed by atoms with Crippen LogP contribution in [-0.4, -0.2) is 41.9 Å². The van der Waals surface area contributed by atoms with Crippen LogP contribution in [0.4, 0.5) is 9.18 Å². The van der Waals surface area contributed by atoms with Crippen LogP contribution < -0.4 is 4.74 Å². The molecule has 1 aliphatic heterocycles. The summed E-state index contributed by atoms with van der Waals surface area (Å²) >= 11 is 0. The minimum atomic E-state index is -1.33. The lowest BCUT2D eigenvalue weighted by Gasteiger charge is -2.42. The molecule has 1 saturated heterocycles. The highest BCUT2D eigenvalue weighted by Crippen LogP contribution is 2.43. The molecule has 2 aromatic rings. The number of halogens is 1. The predicted octanol–water partition coefficient (Wildman–Crippen LogP) is 4.72. The first-order valence-electron chi connectivity index (χ1n) is 10.2. The number of ether oxygens (including phenoxy) is 2. The molecular formula is C24H30FNO4. The summed E-state index contributed by atoms with van der Waals surface area (Å²) in [5.41, 5.74) is -0.580. The highest BCUT2D eigenvalue weighted by molar-refractivity contribution is 5.68. The Morgan fingerprint density at radius 3 is 2.27 bits per heavy atom. The SMILES string of the molecule is COc1cccc(C(O)(c2ccc(F)cc2)C2CCN(C(=O)OC(C)(C)C)CC2)c1. The van der Waals surface area contributed by atoms with Crippen molar-refractivity contribution in [3.63, 3.8) is 0 Å². The first-order chi connectivity index (χ1) is 14.1. The maximum Gasteiger partial charge on any atom is 0.410 e. The summed E-state index contributed by atoms with van der Waals surface area (Å²) in [4.78, 5) is 14.1. The van der Waals surface area contributed by atoms with Gasteiger partial charge < -0.3 is 19.5 Å². The van der Waals surface area contributed by atoms with Gasteiger partial charge in [-0.05, 0) is 74.9 Å². The molecule has 0 bridgehead atoms. The van der Waals surface area contributed by atoms with E-state index in [1.54, 1.807) is 24.1 Å². The Morgan fingerprint density at radius 2 is 1.70 bits per heavy atom. The molecule has 162 valence electrons. The molecule has 1 unspecified atom stereocenters. The first kappa shape index (κ1) is 22.1. The lowest BCUT2D eigenvalue weighted by molar-refractivity contribution is -0.0239. The van der Waals surface area contributed by atoms with E-state index in [0.29, 0.717) is 42.8 Å². The summed E-state index contributed by atoms with van der Waals surface area (Å²) in [6.07, 6.45) is 0.835. The number of rotatable bonds is 4. The van der Waals surface area contributed by atoms with Gasteiger partial charge in [-0.25, -0.2) is 9.18 Å². The topological polar surface area (TPSA) is 59.0 Å². The zero-order valence-corrected chi connectivity index (χ0v) is 18.0. The third-order valence-corrected chi connectivity index (χ3v) is 5.53. The number of hydrogen-bond acceptors (Lipinski definition) is 4. The Morgan fingerprint density at radius 1 is 1.07 bits per heavy atom. The number of carbonyl (C=O) groups excluding carboxylic acids is 1. The second-order valence-electron chi connectivity index (χ2n) is 8.75. The van der Waals surface area contributed by atoms with Crippen LogP contribution in [0.25, 0.3) is 0 Å². The van der Waals surface area contributed by atoms with E-state index < -0.39 is 11.2 Å². The molecule has 1 heterocycles. The molecule has 5 nitrogen and oxygen atoms in total. The molecule has 1 atom stereocenters. The van der Waals surface area contributed by atoms with Crippen molar-refractivity contribution in [3.05, 3.63) is 65.5 Å². The minimum Gasteiger partial charge on any atom is -0.497 e. The van der Waals surface area contributed by atoms with E-state index in [9.17, 15) is 14.3 Å². The van der Waals surface area contributed by atoms with Gasteiger partial charge >= 0.3 is 6.09 Å². The fourth-order valence-corrected chi connectivity index (χ4v) is 4.01. The lowest BCUT2D eigenvalue weighted by atomic mass is 9.72. The van der Waals surface area contributed by atoms with Gasteiger partial charge in [0.15, 0.2) is 0 Å². The molecular weight excluding hydrogens is 385 g/mol. The van der Waals surface area contributed by atoms with Crippen LogP contribution in [0, 0.1) is 11.7 Å². The third kappa shape index (κ3) is 4.75. The third-order valence-electron chi connectivity index (χ3n) is 5.53. The zero-order valence-electron chi connectivity index (χ0n) is 18.0. The highest BCUT2D eigenvalue weighted by atomic mass is 19.1. The van der Waals surface area contributed by atoms with E-state index in [1.165, 1.54) is 12.1 Å². The predicted molar refractivity (Wildman–Crippen MR) is 113 cm³/mol. The molecule has 6 heteroatoms. The molecule has 1 aliphatic rings. The maximum atomic E-state index is 13.6. The van der Waals surface area contributed by atoms with E-state index >= 15 is 0 Å². The second kappa shape index (κ2) is 8.64. The summed E-state index contributed by atoms with van der Waals surface area (Å²) in [6, 6.07) is 13.3. The molecule has 1 N–H and O–H groups in total. The van der Waals surface area contributed by atoms with E-state index in [2.05, 4.69) is 0 Å². The lowest BCUT2D eigenvalue weighted by Crippen LogP contribution is -2.47. The van der Waals surface area contributed by atoms with Crippen molar-refractivity contribution in [1.82, 2.24) is 4.90 Å². The van der Waals surface area contributed by atoms with Gasteiger partial charge in [0.25, 0.3) is 0 Å². The number of aliphatic hydroxyl groups is 1. The smallest absolute Gasteiger partial charge is 0.410 e. The van der Waals surface area contributed by atoms with E-state index in [0.717, 1.165) is 0 Å². The summed E-state index contributed by atoms with van der Waals surface area (Å²) in [5, 5.41) is 12.0. The molecule has 0 spiro atoms. The van der Waals surface area contributed by atoms with Crippen molar-refractivity contribution in [2.24, 2.45) is 5.92 Å². The average Bonchev–Trinajstić information content (AvgIpc) is 2.72. The van der Waals surface area contributed by atoms with Crippen molar-refractivity contribution in [2.75, 3.05) is 20.2 Å². The summed E-state index contributed by atoms with van der Waals surface area (Å²) in [6.45, 7) is 6.48. The normalized spacial score (nSPS) is 17.3. The molecule has 1 fully saturated rings. The Bertz CT molecular complexity index is 870. The van der Waals surface area contributed by atoms with Gasteiger partial charge in [0.2, 0.25) is 0 Å². The monoisotopic (exact) mass is 415 g/mol. The number of amides is 1. The summed E-state index contributed by atoms with van der Waals surface area (Å²) in [7, 11) is 1.58. The molecule has 3 rings (SSSR count). The standard InChI is InChI=1S/C24H30FNO4/c1-23(2,3)30-22(27)26-14-12-18(13-15-26)24(28,17-8-10-20(25)11-9-17)19-6-5-7-21(16-19)29-4/h5-11,16,18,28H,12-15H2,1-4H3. The Kier molecular flexibility index (Phi) is 6.36. The molecule has 30 heavy (non-hydrogen) atoms. The van der Waals surface area contributed by atoms with E-state index in [-0.39, 0.29) is 17.8 Å². The number of benzene rings is 2. The number of nitrogens with zero attached hydrogens (tertiary/aromatic N) is 1. The number of hydrogen-bond donors (Lipinski definition) is 1. The number of carbonyl (C=O) groups is 1. The minimum absolute atomic E-state index is 0.159. The van der Waals surface area contributed by atoms with Crippen LogP contribution in [-0.2, 0) is 10.3 Å². The Hall–Kier alpha value is -2.60. The summed E-state index contributed by atoms with van der Waals surface area (Å²) < 4.78 is 24.4. The Labute approximate surface area is 177 Å². The zero-order chi connectivity index (χ0) is 21.9. The van der Waals surface area contributed by atoms with Crippen LogP contribution in [0.5, 0.6) is 5.75 Å². The van der Waals surface area contributed by atoms with Crippen LogP contribution in [0.3, 0.4) is 0 Å². The molecule has 2 aromatic carbocycles. The maximum absolute atomic E-state index is 13.6. The van der Waals surface area contributed by atoms with Crippen LogP contribution in [0.15, 0.2) is 48.5 Å². The van der Waals surface area contributed by atoms with Gasteiger partial charge in [-0.1, -0.05) is 24.3 Å². The molecule has 0 aromatic heterocycles. The molecule has 0 saturated carbocycles. The van der Waals surface area contributed by atoms with Gasteiger partial charge in [-0.2, -0.15) is 0 Å². The fraction of sp³-hybridized carbons (Fsp3) is 0.458. The molecule has 0 radical (unpaired) electrons.